The van der Waals surface area contributed by atoms with Gasteiger partial charge in [0.1, 0.15) is 18.1 Å². The molecule has 0 heterocycles. The molecule has 0 unspecified atom stereocenters. The van der Waals surface area contributed by atoms with Gasteiger partial charge in [-0.15, -0.1) is 6.42 Å². The van der Waals surface area contributed by atoms with E-state index in [1.54, 1.807) is 7.11 Å². The molecular weight excluding hydrogens is 224 g/mol. The van der Waals surface area contributed by atoms with Gasteiger partial charge in [-0.3, -0.25) is 0 Å². The minimum Gasteiger partial charge on any atom is -0.496 e. The Bertz CT molecular complexity index is 567. The normalized spacial score (nSPS) is 9.56. The molecule has 2 aromatic carbocycles. The number of hydrogen-bond acceptors (Lipinski definition) is 2. The fraction of sp³-hybridized carbons (Fsp3) is 0.125. The first kappa shape index (κ1) is 12.1. The Hall–Kier alpha value is -2.40. The molecule has 2 heteroatoms. The second-order valence-corrected chi connectivity index (χ2v) is 3.69. The molecule has 0 fully saturated rings. The number of methoxy groups -OCH3 is 1. The Morgan fingerprint density at radius 3 is 2.11 bits per heavy atom. The zero-order valence-electron chi connectivity index (χ0n) is 10.2. The number of hydrogen-bond donors (Lipinski definition) is 0. The Kier molecular flexibility index (Phi) is 3.88. The lowest BCUT2D eigenvalue weighted by Crippen LogP contribution is -1.96. The highest BCUT2D eigenvalue weighted by atomic mass is 16.5. The average Bonchev–Trinajstić information content (AvgIpc) is 2.45. The van der Waals surface area contributed by atoms with Gasteiger partial charge in [-0.05, 0) is 12.1 Å². The molecule has 0 aliphatic heterocycles. The third kappa shape index (κ3) is 2.46. The van der Waals surface area contributed by atoms with E-state index in [-0.39, 0.29) is 6.61 Å². The maximum atomic E-state index is 5.55. The van der Waals surface area contributed by atoms with Crippen LogP contribution in [0.3, 0.4) is 0 Å². The van der Waals surface area contributed by atoms with Crippen molar-refractivity contribution in [2.45, 2.75) is 0 Å². The molecule has 0 radical (unpaired) electrons. The minimum atomic E-state index is 0.256. The summed E-state index contributed by atoms with van der Waals surface area (Å²) in [6.45, 7) is 0.256. The molecule has 0 aliphatic rings. The smallest absolute Gasteiger partial charge is 0.148 e. The van der Waals surface area contributed by atoms with Crippen LogP contribution in [0.15, 0.2) is 48.5 Å². The molecule has 2 nitrogen and oxygen atoms in total. The van der Waals surface area contributed by atoms with Crippen molar-refractivity contribution in [2.75, 3.05) is 13.7 Å². The number of para-hydroxylation sites is 2. The molecule has 0 atom stereocenters. The SMILES string of the molecule is C#CCOc1ccccc1-c1ccccc1OC. The molecule has 0 amide bonds. The van der Waals surface area contributed by atoms with Gasteiger partial charge in [0.25, 0.3) is 0 Å². The lowest BCUT2D eigenvalue weighted by Gasteiger charge is -2.12. The average molecular weight is 238 g/mol. The summed E-state index contributed by atoms with van der Waals surface area (Å²) < 4.78 is 10.9. The van der Waals surface area contributed by atoms with E-state index >= 15 is 0 Å². The molecule has 90 valence electrons. The summed E-state index contributed by atoms with van der Waals surface area (Å²) in [5, 5.41) is 0. The summed E-state index contributed by atoms with van der Waals surface area (Å²) in [6.07, 6.45) is 5.22. The lowest BCUT2D eigenvalue weighted by atomic mass is 10.0. The van der Waals surface area contributed by atoms with Gasteiger partial charge in [0.2, 0.25) is 0 Å². The minimum absolute atomic E-state index is 0.256. The van der Waals surface area contributed by atoms with E-state index in [1.165, 1.54) is 0 Å². The summed E-state index contributed by atoms with van der Waals surface area (Å²) in [7, 11) is 1.66. The Labute approximate surface area is 107 Å². The third-order valence-corrected chi connectivity index (χ3v) is 2.60. The topological polar surface area (TPSA) is 18.5 Å². The van der Waals surface area contributed by atoms with Gasteiger partial charge >= 0.3 is 0 Å². The van der Waals surface area contributed by atoms with Crippen molar-refractivity contribution in [1.29, 1.82) is 0 Å². The zero-order valence-corrected chi connectivity index (χ0v) is 10.2. The second-order valence-electron chi connectivity index (χ2n) is 3.69. The Morgan fingerprint density at radius 1 is 0.944 bits per heavy atom. The van der Waals surface area contributed by atoms with Gasteiger partial charge in [-0.2, -0.15) is 0 Å². The van der Waals surface area contributed by atoms with E-state index in [2.05, 4.69) is 5.92 Å². The second kappa shape index (κ2) is 5.79. The molecule has 18 heavy (non-hydrogen) atoms. The molecule has 0 aliphatic carbocycles. The predicted octanol–water partition coefficient (Wildman–Crippen LogP) is 3.37. The maximum Gasteiger partial charge on any atom is 0.148 e. The van der Waals surface area contributed by atoms with Gasteiger partial charge in [0.05, 0.1) is 7.11 Å². The van der Waals surface area contributed by atoms with Crippen LogP contribution in [0, 0.1) is 12.3 Å². The van der Waals surface area contributed by atoms with Crippen molar-refractivity contribution in [1.82, 2.24) is 0 Å². The Balaban J connectivity index is 2.47. The van der Waals surface area contributed by atoms with Crippen LogP contribution in [0.1, 0.15) is 0 Å². The molecule has 0 N–H and O–H groups in total. The van der Waals surface area contributed by atoms with Crippen molar-refractivity contribution in [2.24, 2.45) is 0 Å². The van der Waals surface area contributed by atoms with Crippen molar-refractivity contribution < 1.29 is 9.47 Å². The van der Waals surface area contributed by atoms with Gasteiger partial charge in [0.15, 0.2) is 0 Å². The number of rotatable bonds is 4. The highest BCUT2D eigenvalue weighted by Crippen LogP contribution is 2.35. The fourth-order valence-corrected chi connectivity index (χ4v) is 1.80. The van der Waals surface area contributed by atoms with Crippen molar-refractivity contribution in [3.8, 4) is 35.0 Å². The highest BCUT2D eigenvalue weighted by Gasteiger charge is 2.09. The number of ether oxygens (including phenoxy) is 2. The van der Waals surface area contributed by atoms with E-state index in [0.717, 1.165) is 22.6 Å². The van der Waals surface area contributed by atoms with Crippen LogP contribution in [0.4, 0.5) is 0 Å². The Morgan fingerprint density at radius 2 is 1.50 bits per heavy atom. The van der Waals surface area contributed by atoms with Gasteiger partial charge in [0, 0.05) is 11.1 Å². The van der Waals surface area contributed by atoms with Crippen molar-refractivity contribution in [3.63, 3.8) is 0 Å². The maximum absolute atomic E-state index is 5.55. The van der Waals surface area contributed by atoms with Crippen molar-refractivity contribution in [3.05, 3.63) is 48.5 Å². The third-order valence-electron chi connectivity index (χ3n) is 2.60. The quantitative estimate of drug-likeness (QED) is 0.760. The van der Waals surface area contributed by atoms with E-state index in [9.17, 15) is 0 Å². The van der Waals surface area contributed by atoms with E-state index in [1.807, 2.05) is 48.5 Å². The van der Waals surface area contributed by atoms with Gasteiger partial charge in [-0.25, -0.2) is 0 Å². The van der Waals surface area contributed by atoms with Crippen LogP contribution >= 0.6 is 0 Å². The van der Waals surface area contributed by atoms with Crippen LogP contribution in [0.2, 0.25) is 0 Å². The zero-order chi connectivity index (χ0) is 12.8. The standard InChI is InChI=1S/C16H14O2/c1-3-12-18-16-11-7-5-9-14(16)13-8-4-6-10-15(13)17-2/h1,4-11H,12H2,2H3. The molecule has 0 saturated carbocycles. The molecule has 0 saturated heterocycles. The summed E-state index contributed by atoms with van der Waals surface area (Å²) in [4.78, 5) is 0. The highest BCUT2D eigenvalue weighted by molar-refractivity contribution is 5.75. The van der Waals surface area contributed by atoms with Crippen molar-refractivity contribution >= 4 is 0 Å². The molecular formula is C16H14O2. The van der Waals surface area contributed by atoms with Gasteiger partial charge < -0.3 is 9.47 Å². The first-order chi connectivity index (χ1) is 8.86. The number of terminal acetylenes is 1. The summed E-state index contributed by atoms with van der Waals surface area (Å²) in [5.41, 5.74) is 1.97. The summed E-state index contributed by atoms with van der Waals surface area (Å²) in [5.74, 6) is 4.05. The fourth-order valence-electron chi connectivity index (χ4n) is 1.80. The first-order valence-electron chi connectivity index (χ1n) is 5.65. The molecule has 0 aromatic heterocycles. The number of benzene rings is 2. The molecule has 2 aromatic rings. The van der Waals surface area contributed by atoms with Crippen LogP contribution in [-0.4, -0.2) is 13.7 Å². The monoisotopic (exact) mass is 238 g/mol. The summed E-state index contributed by atoms with van der Waals surface area (Å²) >= 11 is 0. The van der Waals surface area contributed by atoms with Crippen LogP contribution in [0.5, 0.6) is 11.5 Å². The largest absolute Gasteiger partial charge is 0.496 e. The van der Waals surface area contributed by atoms with E-state index in [0.29, 0.717) is 0 Å². The first-order valence-corrected chi connectivity index (χ1v) is 5.65. The van der Waals surface area contributed by atoms with E-state index in [4.69, 9.17) is 15.9 Å². The van der Waals surface area contributed by atoms with Crippen LogP contribution in [0.25, 0.3) is 11.1 Å². The van der Waals surface area contributed by atoms with Gasteiger partial charge in [-0.1, -0.05) is 42.3 Å². The predicted molar refractivity (Wildman–Crippen MR) is 72.8 cm³/mol. The molecule has 2 rings (SSSR count). The molecule has 0 bridgehead atoms. The lowest BCUT2D eigenvalue weighted by molar-refractivity contribution is 0.371. The van der Waals surface area contributed by atoms with Crippen LogP contribution < -0.4 is 9.47 Å². The molecule has 0 spiro atoms. The summed E-state index contributed by atoms with van der Waals surface area (Å²) in [6, 6.07) is 15.6. The van der Waals surface area contributed by atoms with E-state index < -0.39 is 0 Å². The van der Waals surface area contributed by atoms with Crippen LogP contribution in [-0.2, 0) is 0 Å².